The molecule has 0 saturated heterocycles. The Morgan fingerprint density at radius 2 is 0.903 bits per heavy atom. The second kappa shape index (κ2) is 44.5. The summed E-state index contributed by atoms with van der Waals surface area (Å²) < 4.78 is 32.7. The van der Waals surface area contributed by atoms with Gasteiger partial charge in [-0.15, -0.1) is 0 Å². The lowest BCUT2D eigenvalue weighted by Gasteiger charge is -2.20. The van der Waals surface area contributed by atoms with Gasteiger partial charge in [0, 0.05) is 12.8 Å². The van der Waals surface area contributed by atoms with Crippen molar-refractivity contribution in [1.82, 2.24) is 0 Å². The van der Waals surface area contributed by atoms with Gasteiger partial charge >= 0.3 is 25.7 Å². The Hall–Kier alpha value is -3.08. The number of hydrogen-bond donors (Lipinski definition) is 3. The van der Waals surface area contributed by atoms with Crippen LogP contribution in [0.4, 0.5) is 0 Å². The van der Waals surface area contributed by atoms with E-state index in [4.69, 9.17) is 24.8 Å². The van der Waals surface area contributed by atoms with Crippen molar-refractivity contribution in [2.75, 3.05) is 19.8 Å². The zero-order valence-electron chi connectivity index (χ0n) is 38.7. The largest absolute Gasteiger partial charge is 0.480 e. The molecular weight excluding hydrogens is 806 g/mol. The van der Waals surface area contributed by atoms with Crippen LogP contribution in [-0.2, 0) is 37.5 Å². The van der Waals surface area contributed by atoms with Crippen molar-refractivity contribution in [2.45, 2.75) is 206 Å². The molecule has 0 aliphatic heterocycles. The molecule has 12 heteroatoms. The van der Waals surface area contributed by atoms with Crippen molar-refractivity contribution >= 4 is 25.7 Å². The molecule has 0 aromatic carbocycles. The molecular formula is C50H86NO10P. The average Bonchev–Trinajstić information content (AvgIpc) is 3.25. The van der Waals surface area contributed by atoms with Crippen LogP contribution in [0.1, 0.15) is 194 Å². The molecule has 0 rings (SSSR count). The number of unbranched alkanes of at least 4 members (excludes halogenated alkanes) is 18. The maximum Gasteiger partial charge on any atom is 0.472 e. The lowest BCUT2D eigenvalue weighted by atomic mass is 10.0. The molecule has 0 aromatic heterocycles. The number of hydrogen-bond acceptors (Lipinski definition) is 9. The molecule has 3 unspecified atom stereocenters. The van der Waals surface area contributed by atoms with Crippen molar-refractivity contribution in [3.8, 4) is 0 Å². The molecule has 11 nitrogen and oxygen atoms in total. The molecule has 0 aliphatic rings. The number of carboxylic acids is 1. The van der Waals surface area contributed by atoms with E-state index in [9.17, 15) is 23.8 Å². The Morgan fingerprint density at radius 1 is 0.516 bits per heavy atom. The van der Waals surface area contributed by atoms with Crippen LogP contribution in [0.5, 0.6) is 0 Å². The van der Waals surface area contributed by atoms with Gasteiger partial charge in [-0.25, -0.2) is 4.57 Å². The number of rotatable bonds is 44. The standard InChI is InChI=1S/C50H86NO10P/c1-3-5-7-9-11-13-15-17-19-20-21-22-23-24-25-26-28-29-31-33-35-37-39-41-48(52)58-43-46(44-59-62(56,57)60-45-47(51)50(54)55)61-49(53)42-40-38-36-34-32-30-27-18-16-14-12-10-8-6-4-2/h6,8,12,14-15,17-18,20-21,27,32,34,46-47H,3-5,7,9-11,13,16,19,22-26,28-31,33,35-45,51H2,1-2H3,(H,54,55)(H,56,57)/b8-6-,14-12-,17-15-,21-20-,27-18-,34-32-. The summed E-state index contributed by atoms with van der Waals surface area (Å²) in [5.41, 5.74) is 5.34. The third-order valence-corrected chi connectivity index (χ3v) is 10.9. The van der Waals surface area contributed by atoms with E-state index in [2.05, 4.69) is 91.3 Å². The highest BCUT2D eigenvalue weighted by Gasteiger charge is 2.28. The fraction of sp³-hybridized carbons (Fsp3) is 0.700. The molecule has 0 spiro atoms. The summed E-state index contributed by atoms with van der Waals surface area (Å²) in [7, 11) is -4.73. The van der Waals surface area contributed by atoms with Gasteiger partial charge in [0.05, 0.1) is 13.2 Å². The van der Waals surface area contributed by atoms with Crippen molar-refractivity contribution in [2.24, 2.45) is 5.73 Å². The van der Waals surface area contributed by atoms with Crippen LogP contribution < -0.4 is 5.73 Å². The number of esters is 2. The number of carbonyl (C=O) groups excluding carboxylic acids is 2. The third kappa shape index (κ3) is 43.6. The Balaban J connectivity index is 4.30. The molecule has 0 fully saturated rings. The van der Waals surface area contributed by atoms with Crippen molar-refractivity contribution in [1.29, 1.82) is 0 Å². The topological polar surface area (TPSA) is 172 Å². The molecule has 62 heavy (non-hydrogen) atoms. The zero-order valence-corrected chi connectivity index (χ0v) is 39.6. The summed E-state index contributed by atoms with van der Waals surface area (Å²) in [5, 5.41) is 8.90. The van der Waals surface area contributed by atoms with Crippen LogP contribution in [0, 0.1) is 0 Å². The molecule has 0 bridgehead atoms. The predicted octanol–water partition coefficient (Wildman–Crippen LogP) is 13.3. The number of phosphoric acid groups is 1. The molecule has 0 aromatic rings. The molecule has 3 atom stereocenters. The molecule has 0 aliphatic carbocycles. The molecule has 356 valence electrons. The van der Waals surface area contributed by atoms with E-state index in [-0.39, 0.29) is 19.4 Å². The lowest BCUT2D eigenvalue weighted by Crippen LogP contribution is -2.34. The highest BCUT2D eigenvalue weighted by Crippen LogP contribution is 2.43. The zero-order chi connectivity index (χ0) is 45.6. The summed E-state index contributed by atoms with van der Waals surface area (Å²) in [6.07, 6.45) is 54.0. The van der Waals surface area contributed by atoms with Gasteiger partial charge in [0.15, 0.2) is 6.10 Å². The van der Waals surface area contributed by atoms with Gasteiger partial charge in [0.1, 0.15) is 12.6 Å². The number of nitrogens with two attached hydrogens (primary N) is 1. The van der Waals surface area contributed by atoms with Crippen LogP contribution in [0.2, 0.25) is 0 Å². The van der Waals surface area contributed by atoms with Gasteiger partial charge in [-0.3, -0.25) is 23.4 Å². The molecule has 4 N–H and O–H groups in total. The summed E-state index contributed by atoms with van der Waals surface area (Å²) in [4.78, 5) is 46.1. The summed E-state index contributed by atoms with van der Waals surface area (Å²) in [6.45, 7) is 2.64. The minimum Gasteiger partial charge on any atom is -0.480 e. The van der Waals surface area contributed by atoms with Gasteiger partial charge in [-0.1, -0.05) is 170 Å². The first kappa shape index (κ1) is 58.9. The maximum absolute atomic E-state index is 12.6. The molecule has 0 heterocycles. The van der Waals surface area contributed by atoms with E-state index in [0.717, 1.165) is 64.2 Å². The first-order valence-electron chi connectivity index (χ1n) is 24.0. The minimum absolute atomic E-state index is 0.106. The van der Waals surface area contributed by atoms with E-state index in [1.807, 2.05) is 0 Å². The van der Waals surface area contributed by atoms with Crippen molar-refractivity contribution in [3.05, 3.63) is 72.9 Å². The van der Waals surface area contributed by atoms with Crippen LogP contribution in [-0.4, -0.2) is 59.9 Å². The van der Waals surface area contributed by atoms with Crippen LogP contribution >= 0.6 is 7.82 Å². The fourth-order valence-corrected chi connectivity index (χ4v) is 6.98. The van der Waals surface area contributed by atoms with E-state index in [1.54, 1.807) is 0 Å². The predicted molar refractivity (Wildman–Crippen MR) is 254 cm³/mol. The Morgan fingerprint density at radius 3 is 1.39 bits per heavy atom. The summed E-state index contributed by atoms with van der Waals surface area (Å²) in [6, 6.07) is -1.53. The maximum atomic E-state index is 12.6. The van der Waals surface area contributed by atoms with Crippen LogP contribution in [0.15, 0.2) is 72.9 Å². The number of ether oxygens (including phenoxy) is 2. The Kier molecular flexibility index (Phi) is 42.3. The van der Waals surface area contributed by atoms with E-state index >= 15 is 0 Å². The first-order valence-corrected chi connectivity index (χ1v) is 25.5. The Labute approximate surface area is 376 Å². The number of phosphoric ester groups is 1. The third-order valence-electron chi connectivity index (χ3n) is 9.94. The fourth-order valence-electron chi connectivity index (χ4n) is 6.20. The normalized spacial score (nSPS) is 14.3. The summed E-state index contributed by atoms with van der Waals surface area (Å²) in [5.74, 6) is -2.44. The van der Waals surface area contributed by atoms with Gasteiger partial charge < -0.3 is 25.2 Å². The molecule has 0 amide bonds. The number of carboxylic acid groups (broad SMARTS) is 1. The van der Waals surface area contributed by atoms with Gasteiger partial charge in [-0.2, -0.15) is 0 Å². The molecule has 0 radical (unpaired) electrons. The van der Waals surface area contributed by atoms with Crippen LogP contribution in [0.3, 0.4) is 0 Å². The average molecular weight is 892 g/mol. The lowest BCUT2D eigenvalue weighted by molar-refractivity contribution is -0.161. The minimum atomic E-state index is -4.73. The van der Waals surface area contributed by atoms with Crippen molar-refractivity contribution in [3.63, 3.8) is 0 Å². The highest BCUT2D eigenvalue weighted by molar-refractivity contribution is 7.47. The van der Waals surface area contributed by atoms with Gasteiger partial charge in [0.2, 0.25) is 0 Å². The van der Waals surface area contributed by atoms with E-state index in [1.165, 1.54) is 89.9 Å². The van der Waals surface area contributed by atoms with E-state index < -0.39 is 51.1 Å². The number of aliphatic carboxylic acids is 1. The summed E-state index contributed by atoms with van der Waals surface area (Å²) >= 11 is 0. The van der Waals surface area contributed by atoms with E-state index in [0.29, 0.717) is 12.8 Å². The second-order valence-corrected chi connectivity index (χ2v) is 17.3. The molecule has 0 saturated carbocycles. The van der Waals surface area contributed by atoms with Crippen molar-refractivity contribution < 1.29 is 47.5 Å². The van der Waals surface area contributed by atoms with Crippen LogP contribution in [0.25, 0.3) is 0 Å². The van der Waals surface area contributed by atoms with Gasteiger partial charge in [-0.05, 0) is 83.5 Å². The Bertz CT molecular complexity index is 1320. The first-order chi connectivity index (χ1) is 30.1. The quantitative estimate of drug-likeness (QED) is 0.0230. The second-order valence-electron chi connectivity index (χ2n) is 15.9. The SMILES string of the molecule is CC/C=C\C/C=C\C/C=C\C/C=C\CCCCC(=O)OC(COC(=O)CCCCCCCCCCCCC/C=C\C/C=C\CCCCCCC)COP(=O)(O)OCC(N)C(=O)O. The smallest absolute Gasteiger partial charge is 0.472 e. The highest BCUT2D eigenvalue weighted by atomic mass is 31.2. The van der Waals surface area contributed by atoms with Gasteiger partial charge in [0.25, 0.3) is 0 Å². The number of allylic oxidation sites excluding steroid dienone is 12. The number of carbonyl (C=O) groups is 3. The monoisotopic (exact) mass is 892 g/mol.